The van der Waals surface area contributed by atoms with Crippen LogP contribution in [0.4, 0.5) is 0 Å². The lowest BCUT2D eigenvalue weighted by Gasteiger charge is -2.24. The van der Waals surface area contributed by atoms with Crippen LogP contribution < -0.4 is 5.32 Å². The third-order valence-electron chi connectivity index (χ3n) is 3.60. The average molecular weight is 274 g/mol. The van der Waals surface area contributed by atoms with Gasteiger partial charge in [-0.05, 0) is 6.42 Å². The van der Waals surface area contributed by atoms with Gasteiger partial charge < -0.3 is 14.3 Å². The Balaban J connectivity index is 1.69. The van der Waals surface area contributed by atoms with E-state index in [0.29, 0.717) is 11.5 Å². The van der Waals surface area contributed by atoms with Crippen LogP contribution in [0.2, 0.25) is 0 Å². The van der Waals surface area contributed by atoms with Gasteiger partial charge in [-0.3, -0.25) is 4.79 Å². The van der Waals surface area contributed by atoms with E-state index in [9.17, 15) is 4.79 Å². The number of fused-ring (bicyclic) bond motifs is 1. The van der Waals surface area contributed by atoms with Gasteiger partial charge in [-0.25, -0.2) is 9.97 Å². The van der Waals surface area contributed by atoms with Gasteiger partial charge in [-0.1, -0.05) is 13.8 Å². The highest BCUT2D eigenvalue weighted by molar-refractivity contribution is 5.93. The molecule has 20 heavy (non-hydrogen) atoms. The molecule has 1 N–H and O–H groups in total. The van der Waals surface area contributed by atoms with Gasteiger partial charge in [0.1, 0.15) is 11.6 Å². The Morgan fingerprint density at radius 1 is 1.50 bits per heavy atom. The molecule has 0 saturated heterocycles. The lowest BCUT2D eigenvalue weighted by atomic mass is 10.1. The third-order valence-corrected chi connectivity index (χ3v) is 3.60. The Morgan fingerprint density at radius 3 is 3.15 bits per heavy atom. The molecule has 3 rings (SSSR count). The Bertz CT molecular complexity index is 614. The Kier molecular flexibility index (Phi) is 3.30. The molecular weight excluding hydrogens is 256 g/mol. The highest BCUT2D eigenvalue weighted by atomic mass is 16.3. The molecule has 0 saturated carbocycles. The van der Waals surface area contributed by atoms with Crippen LogP contribution in [0, 0.1) is 0 Å². The first kappa shape index (κ1) is 12.9. The highest BCUT2D eigenvalue weighted by Gasteiger charge is 2.24. The highest BCUT2D eigenvalue weighted by Crippen LogP contribution is 2.19. The van der Waals surface area contributed by atoms with Crippen LogP contribution in [0.3, 0.4) is 0 Å². The van der Waals surface area contributed by atoms with Crippen molar-refractivity contribution < 1.29 is 9.21 Å². The summed E-state index contributed by atoms with van der Waals surface area (Å²) in [7, 11) is 0. The van der Waals surface area contributed by atoms with E-state index in [4.69, 9.17) is 4.42 Å². The maximum Gasteiger partial charge on any atom is 0.273 e. The van der Waals surface area contributed by atoms with Gasteiger partial charge in [0, 0.05) is 37.3 Å². The van der Waals surface area contributed by atoms with Gasteiger partial charge in [0.05, 0.1) is 0 Å². The molecule has 0 fully saturated rings. The van der Waals surface area contributed by atoms with Crippen LogP contribution in [0.25, 0.3) is 0 Å². The number of aryl methyl sites for hydroxylation is 1. The predicted octanol–water partition coefficient (Wildman–Crippen LogP) is 1.74. The van der Waals surface area contributed by atoms with Crippen molar-refractivity contribution in [3.05, 3.63) is 36.1 Å². The van der Waals surface area contributed by atoms with Crippen LogP contribution in [0.5, 0.6) is 0 Å². The second kappa shape index (κ2) is 5.11. The standard InChI is InChI=1S/C14H18N4O2/c1-9(2)13-12(16-8-20-13)14(19)17-10-3-4-11-15-5-6-18(11)7-10/h5-6,8-10H,3-4,7H2,1-2H3,(H,17,19)/t10-/m0/s1. The molecule has 3 heterocycles. The number of rotatable bonds is 3. The Morgan fingerprint density at radius 2 is 2.35 bits per heavy atom. The molecule has 106 valence electrons. The molecule has 2 aromatic heterocycles. The minimum absolute atomic E-state index is 0.112. The number of nitrogens with zero attached hydrogens (tertiary/aromatic N) is 3. The van der Waals surface area contributed by atoms with Crippen LogP contribution in [0.15, 0.2) is 23.2 Å². The minimum Gasteiger partial charge on any atom is -0.447 e. The molecule has 6 heteroatoms. The quantitative estimate of drug-likeness (QED) is 0.925. The van der Waals surface area contributed by atoms with E-state index >= 15 is 0 Å². The smallest absolute Gasteiger partial charge is 0.273 e. The van der Waals surface area contributed by atoms with Gasteiger partial charge in [0.25, 0.3) is 5.91 Å². The van der Waals surface area contributed by atoms with Crippen molar-refractivity contribution >= 4 is 5.91 Å². The van der Waals surface area contributed by atoms with Gasteiger partial charge in [0.2, 0.25) is 0 Å². The first-order chi connectivity index (χ1) is 9.65. The summed E-state index contributed by atoms with van der Waals surface area (Å²) >= 11 is 0. The fraction of sp³-hybridized carbons (Fsp3) is 0.500. The summed E-state index contributed by atoms with van der Waals surface area (Å²) in [5, 5.41) is 3.04. The average Bonchev–Trinajstić information content (AvgIpc) is 3.06. The molecule has 0 bridgehead atoms. The molecule has 2 aromatic rings. The van der Waals surface area contributed by atoms with Crippen molar-refractivity contribution in [3.8, 4) is 0 Å². The molecule has 1 atom stereocenters. The minimum atomic E-state index is -0.156. The van der Waals surface area contributed by atoms with Crippen LogP contribution in [-0.4, -0.2) is 26.5 Å². The molecule has 0 spiro atoms. The number of carbonyl (C=O) groups excluding carboxylic acids is 1. The summed E-state index contributed by atoms with van der Waals surface area (Å²) in [5.74, 6) is 1.71. The number of nitrogens with one attached hydrogen (secondary N) is 1. The largest absolute Gasteiger partial charge is 0.447 e. The Hall–Kier alpha value is -2.11. The number of imidazole rings is 1. The number of carbonyl (C=O) groups is 1. The molecular formula is C14H18N4O2. The zero-order valence-corrected chi connectivity index (χ0v) is 11.7. The van der Waals surface area contributed by atoms with E-state index in [1.54, 1.807) is 6.20 Å². The molecule has 1 aliphatic rings. The monoisotopic (exact) mass is 274 g/mol. The summed E-state index contributed by atoms with van der Waals surface area (Å²) < 4.78 is 7.38. The summed E-state index contributed by atoms with van der Waals surface area (Å²) in [4.78, 5) is 20.6. The molecule has 0 radical (unpaired) electrons. The van der Waals surface area contributed by atoms with Crippen molar-refractivity contribution in [2.45, 2.75) is 45.2 Å². The Labute approximate surface area is 117 Å². The number of hydrogen-bond donors (Lipinski definition) is 1. The fourth-order valence-corrected chi connectivity index (χ4v) is 2.57. The van der Waals surface area contributed by atoms with E-state index in [0.717, 1.165) is 25.2 Å². The first-order valence-electron chi connectivity index (χ1n) is 6.89. The van der Waals surface area contributed by atoms with E-state index in [1.807, 2.05) is 20.0 Å². The van der Waals surface area contributed by atoms with Gasteiger partial charge >= 0.3 is 0 Å². The van der Waals surface area contributed by atoms with E-state index in [-0.39, 0.29) is 17.9 Å². The predicted molar refractivity (Wildman–Crippen MR) is 72.4 cm³/mol. The van der Waals surface area contributed by atoms with Crippen molar-refractivity contribution in [1.82, 2.24) is 19.9 Å². The second-order valence-electron chi connectivity index (χ2n) is 5.42. The normalized spacial score (nSPS) is 18.1. The molecule has 1 amide bonds. The van der Waals surface area contributed by atoms with Gasteiger partial charge in [-0.2, -0.15) is 0 Å². The summed E-state index contributed by atoms with van der Waals surface area (Å²) in [6.07, 6.45) is 6.86. The zero-order valence-electron chi connectivity index (χ0n) is 11.7. The number of oxazole rings is 1. The van der Waals surface area contributed by atoms with Gasteiger partial charge in [0.15, 0.2) is 12.1 Å². The van der Waals surface area contributed by atoms with E-state index in [1.165, 1.54) is 6.39 Å². The fourth-order valence-electron chi connectivity index (χ4n) is 2.57. The third kappa shape index (κ3) is 2.33. The van der Waals surface area contributed by atoms with E-state index in [2.05, 4.69) is 19.9 Å². The summed E-state index contributed by atoms with van der Waals surface area (Å²) in [5.41, 5.74) is 0.399. The summed E-state index contributed by atoms with van der Waals surface area (Å²) in [6, 6.07) is 0.112. The van der Waals surface area contributed by atoms with Crippen molar-refractivity contribution in [2.75, 3.05) is 0 Å². The molecule has 6 nitrogen and oxygen atoms in total. The zero-order chi connectivity index (χ0) is 14.1. The van der Waals surface area contributed by atoms with Crippen molar-refractivity contribution in [3.63, 3.8) is 0 Å². The molecule has 1 aliphatic heterocycles. The van der Waals surface area contributed by atoms with E-state index < -0.39 is 0 Å². The van der Waals surface area contributed by atoms with Crippen LogP contribution in [0.1, 0.15) is 48.3 Å². The number of aromatic nitrogens is 3. The second-order valence-corrected chi connectivity index (χ2v) is 5.42. The molecule has 0 aromatic carbocycles. The lowest BCUT2D eigenvalue weighted by molar-refractivity contribution is 0.0920. The van der Waals surface area contributed by atoms with Crippen LogP contribution in [-0.2, 0) is 13.0 Å². The number of hydrogen-bond acceptors (Lipinski definition) is 4. The lowest BCUT2D eigenvalue weighted by Crippen LogP contribution is -2.41. The topological polar surface area (TPSA) is 73.0 Å². The van der Waals surface area contributed by atoms with Crippen LogP contribution >= 0.6 is 0 Å². The summed E-state index contributed by atoms with van der Waals surface area (Å²) in [6.45, 7) is 4.72. The maximum atomic E-state index is 12.3. The van der Waals surface area contributed by atoms with Crippen molar-refractivity contribution in [2.24, 2.45) is 0 Å². The molecule has 0 unspecified atom stereocenters. The SMILES string of the molecule is CC(C)c1ocnc1C(=O)N[C@H]1CCc2nccn2C1. The van der Waals surface area contributed by atoms with Crippen molar-refractivity contribution in [1.29, 1.82) is 0 Å². The maximum absolute atomic E-state index is 12.3. The van der Waals surface area contributed by atoms with Gasteiger partial charge in [-0.15, -0.1) is 0 Å². The molecule has 0 aliphatic carbocycles. The first-order valence-corrected chi connectivity index (χ1v) is 6.89. The number of amides is 1.